The van der Waals surface area contributed by atoms with Crippen molar-refractivity contribution >= 4 is 17.5 Å². The van der Waals surface area contributed by atoms with Crippen molar-refractivity contribution in [2.45, 2.75) is 5.38 Å². The van der Waals surface area contributed by atoms with Gasteiger partial charge in [-0.2, -0.15) is 0 Å². The first-order valence-corrected chi connectivity index (χ1v) is 5.66. The second-order valence-corrected chi connectivity index (χ2v) is 4.37. The number of alkyl halides is 1. The number of carbonyl (C=O) groups excluding carboxylic acids is 1. The Balaban J connectivity index is 2.67. The van der Waals surface area contributed by atoms with Gasteiger partial charge in [0.25, 0.3) is 5.91 Å². The molecule has 1 aromatic rings. The quantitative estimate of drug-likeness (QED) is 0.817. The lowest BCUT2D eigenvalue weighted by Gasteiger charge is -2.20. The number of nitrogens with zero attached hydrogens (tertiary/aromatic N) is 1. The molecular formula is C12H16ClNO3. The van der Waals surface area contributed by atoms with Crippen molar-refractivity contribution in [3.8, 4) is 5.75 Å². The lowest BCUT2D eigenvalue weighted by molar-refractivity contribution is 0.0778. The van der Waals surface area contributed by atoms with E-state index in [1.165, 1.54) is 11.0 Å². The maximum atomic E-state index is 12.0. The molecule has 1 amide bonds. The van der Waals surface area contributed by atoms with Crippen LogP contribution in [-0.2, 0) is 4.74 Å². The predicted octanol–water partition coefficient (Wildman–Crippen LogP) is 1.72. The molecular weight excluding hydrogens is 242 g/mol. The van der Waals surface area contributed by atoms with Crippen LogP contribution in [0.25, 0.3) is 0 Å². The zero-order valence-corrected chi connectivity index (χ0v) is 10.6. The maximum absolute atomic E-state index is 12.0. The number of methoxy groups -OCH3 is 1. The van der Waals surface area contributed by atoms with Crippen molar-refractivity contribution in [1.29, 1.82) is 0 Å². The number of amides is 1. The summed E-state index contributed by atoms with van der Waals surface area (Å²) in [6, 6.07) is 6.43. The van der Waals surface area contributed by atoms with Crippen molar-refractivity contribution in [2.75, 3.05) is 27.3 Å². The summed E-state index contributed by atoms with van der Waals surface area (Å²) in [6.45, 7) is 0.739. The molecule has 0 spiro atoms. The van der Waals surface area contributed by atoms with Gasteiger partial charge in [-0.05, 0) is 12.1 Å². The molecule has 0 saturated carbocycles. The molecule has 1 rings (SSSR count). The van der Waals surface area contributed by atoms with Crippen molar-refractivity contribution in [3.05, 3.63) is 29.8 Å². The van der Waals surface area contributed by atoms with E-state index in [0.717, 1.165) is 0 Å². The predicted molar refractivity (Wildman–Crippen MR) is 66.6 cm³/mol. The zero-order valence-electron chi connectivity index (χ0n) is 9.89. The lowest BCUT2D eigenvalue weighted by atomic mass is 10.2. The zero-order chi connectivity index (χ0) is 12.8. The van der Waals surface area contributed by atoms with Crippen LogP contribution in [0, 0.1) is 0 Å². The first-order chi connectivity index (χ1) is 8.06. The van der Waals surface area contributed by atoms with Crippen LogP contribution in [0.5, 0.6) is 5.75 Å². The van der Waals surface area contributed by atoms with Crippen LogP contribution in [0.3, 0.4) is 0 Å². The van der Waals surface area contributed by atoms with E-state index in [2.05, 4.69) is 0 Å². The summed E-state index contributed by atoms with van der Waals surface area (Å²) in [5.41, 5.74) is 0.274. The molecule has 5 heteroatoms. The molecule has 0 aliphatic heterocycles. The van der Waals surface area contributed by atoms with Gasteiger partial charge < -0.3 is 14.7 Å². The van der Waals surface area contributed by atoms with Gasteiger partial charge in [0.15, 0.2) is 0 Å². The van der Waals surface area contributed by atoms with Crippen LogP contribution in [-0.4, -0.2) is 48.6 Å². The van der Waals surface area contributed by atoms with Crippen LogP contribution in [0.4, 0.5) is 0 Å². The van der Waals surface area contributed by atoms with Crippen molar-refractivity contribution < 1.29 is 14.6 Å². The minimum atomic E-state index is -0.264. The fraction of sp³-hybridized carbons (Fsp3) is 0.417. The third-order valence-electron chi connectivity index (χ3n) is 2.30. The summed E-state index contributed by atoms with van der Waals surface area (Å²) < 4.78 is 4.89. The van der Waals surface area contributed by atoms with Gasteiger partial charge in [0.2, 0.25) is 0 Å². The van der Waals surface area contributed by atoms with E-state index in [4.69, 9.17) is 16.3 Å². The van der Waals surface area contributed by atoms with Gasteiger partial charge in [-0.1, -0.05) is 12.1 Å². The van der Waals surface area contributed by atoms with Gasteiger partial charge >= 0.3 is 0 Å². The third kappa shape index (κ3) is 3.91. The van der Waals surface area contributed by atoms with Gasteiger partial charge in [0.1, 0.15) is 5.75 Å². The minimum absolute atomic E-state index is 0.0257. The van der Waals surface area contributed by atoms with Crippen molar-refractivity contribution in [1.82, 2.24) is 4.90 Å². The highest BCUT2D eigenvalue weighted by Crippen LogP contribution is 2.17. The van der Waals surface area contributed by atoms with E-state index in [9.17, 15) is 9.90 Å². The summed E-state index contributed by atoms with van der Waals surface area (Å²) in [7, 11) is 3.19. The molecule has 94 valence electrons. The number of aromatic hydroxyl groups is 1. The number of rotatable bonds is 5. The molecule has 1 unspecified atom stereocenters. The molecule has 1 aromatic carbocycles. The standard InChI is InChI=1S/C12H16ClNO3/c1-14(7-9(13)8-17-2)12(16)10-5-3-4-6-11(10)15/h3-6,9,15H,7-8H2,1-2H3. The number of carbonyl (C=O) groups is 1. The minimum Gasteiger partial charge on any atom is -0.507 e. The monoisotopic (exact) mass is 257 g/mol. The molecule has 1 atom stereocenters. The number of hydrogen-bond acceptors (Lipinski definition) is 3. The summed E-state index contributed by atoms with van der Waals surface area (Å²) >= 11 is 5.97. The molecule has 0 radical (unpaired) electrons. The third-order valence-corrected chi connectivity index (χ3v) is 2.56. The van der Waals surface area contributed by atoms with E-state index in [0.29, 0.717) is 13.2 Å². The molecule has 4 nitrogen and oxygen atoms in total. The van der Waals surface area contributed by atoms with E-state index in [1.807, 2.05) is 0 Å². The van der Waals surface area contributed by atoms with Crippen LogP contribution < -0.4 is 0 Å². The van der Waals surface area contributed by atoms with Crippen LogP contribution in [0.1, 0.15) is 10.4 Å². The number of phenolic OH excluding ortho intramolecular Hbond substituents is 1. The maximum Gasteiger partial charge on any atom is 0.257 e. The average Bonchev–Trinajstić information content (AvgIpc) is 2.29. The Morgan fingerprint density at radius 2 is 2.18 bits per heavy atom. The fourth-order valence-corrected chi connectivity index (χ4v) is 1.81. The molecule has 0 heterocycles. The van der Waals surface area contributed by atoms with Crippen LogP contribution >= 0.6 is 11.6 Å². The smallest absolute Gasteiger partial charge is 0.257 e. The van der Waals surface area contributed by atoms with Gasteiger partial charge in [-0.3, -0.25) is 4.79 Å². The highest BCUT2D eigenvalue weighted by Gasteiger charge is 2.17. The molecule has 0 aliphatic rings. The molecule has 0 saturated heterocycles. The van der Waals surface area contributed by atoms with Gasteiger partial charge in [-0.25, -0.2) is 0 Å². The van der Waals surface area contributed by atoms with E-state index in [1.54, 1.807) is 32.4 Å². The SMILES string of the molecule is COCC(Cl)CN(C)C(=O)c1ccccc1O. The number of ether oxygens (including phenoxy) is 1. The van der Waals surface area contributed by atoms with Crippen LogP contribution in [0.15, 0.2) is 24.3 Å². The topological polar surface area (TPSA) is 49.8 Å². The lowest BCUT2D eigenvalue weighted by Crippen LogP contribution is -2.33. The Kier molecular flexibility index (Phi) is 5.25. The van der Waals surface area contributed by atoms with Crippen molar-refractivity contribution in [3.63, 3.8) is 0 Å². The van der Waals surface area contributed by atoms with Gasteiger partial charge in [0, 0.05) is 20.7 Å². The van der Waals surface area contributed by atoms with Gasteiger partial charge in [0.05, 0.1) is 17.5 Å². The number of para-hydroxylation sites is 1. The first-order valence-electron chi connectivity index (χ1n) is 5.22. The fourth-order valence-electron chi connectivity index (χ4n) is 1.47. The highest BCUT2D eigenvalue weighted by atomic mass is 35.5. The number of halogens is 1. The summed E-state index contributed by atoms with van der Waals surface area (Å²) in [5, 5.41) is 9.30. The summed E-state index contributed by atoms with van der Waals surface area (Å²) in [6.07, 6.45) is 0. The summed E-state index contributed by atoms with van der Waals surface area (Å²) in [5.74, 6) is -0.285. The Hall–Kier alpha value is -1.26. The Bertz CT molecular complexity index is 384. The van der Waals surface area contributed by atoms with E-state index in [-0.39, 0.29) is 22.6 Å². The summed E-state index contributed by atoms with van der Waals surface area (Å²) in [4.78, 5) is 13.4. The van der Waals surface area contributed by atoms with Crippen molar-refractivity contribution in [2.24, 2.45) is 0 Å². The normalized spacial score (nSPS) is 12.2. The van der Waals surface area contributed by atoms with E-state index < -0.39 is 0 Å². The number of phenols is 1. The second-order valence-electron chi connectivity index (χ2n) is 3.76. The molecule has 0 aromatic heterocycles. The second kappa shape index (κ2) is 6.47. The Labute approximate surface area is 106 Å². The average molecular weight is 258 g/mol. The highest BCUT2D eigenvalue weighted by molar-refractivity contribution is 6.21. The molecule has 0 fully saturated rings. The Morgan fingerprint density at radius 1 is 1.53 bits per heavy atom. The number of hydrogen-bond donors (Lipinski definition) is 1. The van der Waals surface area contributed by atoms with Crippen LogP contribution in [0.2, 0.25) is 0 Å². The van der Waals surface area contributed by atoms with Gasteiger partial charge in [-0.15, -0.1) is 11.6 Å². The molecule has 1 N–H and O–H groups in total. The molecule has 0 aliphatic carbocycles. The molecule has 17 heavy (non-hydrogen) atoms. The Morgan fingerprint density at radius 3 is 2.76 bits per heavy atom. The number of benzene rings is 1. The molecule has 0 bridgehead atoms. The van der Waals surface area contributed by atoms with E-state index >= 15 is 0 Å². The largest absolute Gasteiger partial charge is 0.507 e. The first kappa shape index (κ1) is 13.8.